The largest absolute Gasteiger partial charge is 0.346 e. The van der Waals surface area contributed by atoms with Crippen molar-refractivity contribution >= 4 is 17.3 Å². The molecule has 0 amide bonds. The fourth-order valence-corrected chi connectivity index (χ4v) is 3.20. The zero-order valence-corrected chi connectivity index (χ0v) is 10.3. The molecule has 0 fully saturated rings. The van der Waals surface area contributed by atoms with Crippen molar-refractivity contribution in [2.45, 2.75) is 19.3 Å². The van der Waals surface area contributed by atoms with E-state index in [1.807, 2.05) is 30.3 Å². The lowest BCUT2D eigenvalue weighted by Crippen LogP contribution is -2.10. The van der Waals surface area contributed by atoms with Crippen molar-refractivity contribution in [3.63, 3.8) is 0 Å². The van der Waals surface area contributed by atoms with Gasteiger partial charge in [-0.1, -0.05) is 0 Å². The van der Waals surface area contributed by atoms with E-state index in [-0.39, 0.29) is 0 Å². The van der Waals surface area contributed by atoms with Crippen LogP contribution in [0.5, 0.6) is 0 Å². The molecular formula is C11H14N4S. The van der Waals surface area contributed by atoms with E-state index in [0.717, 1.165) is 11.8 Å². The Morgan fingerprint density at radius 1 is 1.38 bits per heavy atom. The molecule has 0 aromatic carbocycles. The van der Waals surface area contributed by atoms with Crippen LogP contribution < -0.4 is 4.90 Å². The molecule has 1 aliphatic carbocycles. The van der Waals surface area contributed by atoms with Gasteiger partial charge in [0.05, 0.1) is 4.88 Å². The Bertz CT molecular complexity index is 490. The van der Waals surface area contributed by atoms with Crippen molar-refractivity contribution in [2.75, 3.05) is 19.0 Å². The molecule has 0 spiro atoms. The SMILES string of the molecule is CN(C)c1n[nH]c(-c2cc3c(s2)CCC3)n1. The van der Waals surface area contributed by atoms with Crippen LogP contribution in [0.3, 0.4) is 0 Å². The molecule has 0 bridgehead atoms. The molecule has 0 aliphatic heterocycles. The zero-order valence-electron chi connectivity index (χ0n) is 9.45. The van der Waals surface area contributed by atoms with Crippen LogP contribution in [-0.2, 0) is 12.8 Å². The summed E-state index contributed by atoms with van der Waals surface area (Å²) in [5, 5.41) is 7.17. The molecule has 1 N–H and O–H groups in total. The Balaban J connectivity index is 1.95. The van der Waals surface area contributed by atoms with E-state index in [1.165, 1.54) is 34.6 Å². The van der Waals surface area contributed by atoms with Crippen molar-refractivity contribution < 1.29 is 0 Å². The maximum absolute atomic E-state index is 4.46. The quantitative estimate of drug-likeness (QED) is 0.865. The van der Waals surface area contributed by atoms with E-state index < -0.39 is 0 Å². The van der Waals surface area contributed by atoms with Crippen LogP contribution in [0.1, 0.15) is 16.9 Å². The topological polar surface area (TPSA) is 44.8 Å². The van der Waals surface area contributed by atoms with Gasteiger partial charge < -0.3 is 4.90 Å². The highest BCUT2D eigenvalue weighted by atomic mass is 32.1. The van der Waals surface area contributed by atoms with Gasteiger partial charge in [-0.25, -0.2) is 0 Å². The van der Waals surface area contributed by atoms with Gasteiger partial charge in [-0.15, -0.1) is 16.4 Å². The third-order valence-electron chi connectivity index (χ3n) is 2.85. The average molecular weight is 234 g/mol. The lowest BCUT2D eigenvalue weighted by molar-refractivity contribution is 0.915. The van der Waals surface area contributed by atoms with E-state index in [1.54, 1.807) is 0 Å². The molecule has 0 atom stereocenters. The number of H-pyrrole nitrogens is 1. The summed E-state index contributed by atoms with van der Waals surface area (Å²) < 4.78 is 0. The maximum atomic E-state index is 4.46. The van der Waals surface area contributed by atoms with E-state index in [0.29, 0.717) is 0 Å². The highest BCUT2D eigenvalue weighted by Gasteiger charge is 2.17. The van der Waals surface area contributed by atoms with Crippen LogP contribution in [0.15, 0.2) is 6.07 Å². The molecule has 0 saturated carbocycles. The van der Waals surface area contributed by atoms with Crippen LogP contribution in [0.25, 0.3) is 10.7 Å². The van der Waals surface area contributed by atoms with Crippen molar-refractivity contribution in [1.82, 2.24) is 15.2 Å². The number of anilines is 1. The highest BCUT2D eigenvalue weighted by molar-refractivity contribution is 7.15. The zero-order chi connectivity index (χ0) is 11.1. The number of fused-ring (bicyclic) bond motifs is 1. The summed E-state index contributed by atoms with van der Waals surface area (Å²) in [6.45, 7) is 0. The number of hydrogen-bond donors (Lipinski definition) is 1. The minimum Gasteiger partial charge on any atom is -0.346 e. The molecule has 3 rings (SSSR count). The second-order valence-electron chi connectivity index (χ2n) is 4.29. The lowest BCUT2D eigenvalue weighted by atomic mass is 10.2. The van der Waals surface area contributed by atoms with Crippen LogP contribution in [-0.4, -0.2) is 29.3 Å². The predicted octanol–water partition coefficient (Wildman–Crippen LogP) is 2.09. The van der Waals surface area contributed by atoms with Crippen molar-refractivity contribution in [1.29, 1.82) is 0 Å². The van der Waals surface area contributed by atoms with Crippen molar-refractivity contribution in [2.24, 2.45) is 0 Å². The summed E-state index contributed by atoms with van der Waals surface area (Å²) in [5.41, 5.74) is 1.50. The van der Waals surface area contributed by atoms with E-state index in [2.05, 4.69) is 21.2 Å². The molecule has 4 nitrogen and oxygen atoms in total. The number of nitrogens with one attached hydrogen (secondary N) is 1. The maximum Gasteiger partial charge on any atom is 0.244 e. The van der Waals surface area contributed by atoms with Gasteiger partial charge in [0.25, 0.3) is 0 Å². The average Bonchev–Trinajstić information content (AvgIpc) is 2.91. The minimum atomic E-state index is 0.739. The molecule has 0 radical (unpaired) electrons. The second-order valence-corrected chi connectivity index (χ2v) is 5.43. The fraction of sp³-hybridized carbons (Fsp3) is 0.455. The van der Waals surface area contributed by atoms with Crippen LogP contribution in [0.2, 0.25) is 0 Å². The summed E-state index contributed by atoms with van der Waals surface area (Å²) >= 11 is 1.85. The molecule has 2 heterocycles. The van der Waals surface area contributed by atoms with Crippen LogP contribution >= 0.6 is 11.3 Å². The third kappa shape index (κ3) is 1.51. The van der Waals surface area contributed by atoms with Gasteiger partial charge in [0.15, 0.2) is 5.82 Å². The van der Waals surface area contributed by atoms with Gasteiger partial charge in [-0.2, -0.15) is 4.98 Å². The molecule has 5 heteroatoms. The first-order valence-electron chi connectivity index (χ1n) is 5.46. The summed E-state index contributed by atoms with van der Waals surface area (Å²) in [4.78, 5) is 9.11. The molecule has 2 aromatic rings. The van der Waals surface area contributed by atoms with Gasteiger partial charge in [0.2, 0.25) is 5.95 Å². The Morgan fingerprint density at radius 2 is 2.25 bits per heavy atom. The third-order valence-corrected chi connectivity index (χ3v) is 4.10. The fourth-order valence-electron chi connectivity index (χ4n) is 2.01. The second kappa shape index (κ2) is 3.59. The van der Waals surface area contributed by atoms with Gasteiger partial charge in [-0.05, 0) is 30.9 Å². The van der Waals surface area contributed by atoms with Crippen LogP contribution in [0, 0.1) is 0 Å². The van der Waals surface area contributed by atoms with Gasteiger partial charge >= 0.3 is 0 Å². The first-order chi connectivity index (χ1) is 7.74. The lowest BCUT2D eigenvalue weighted by Gasteiger charge is -2.03. The number of nitrogens with zero attached hydrogens (tertiary/aromatic N) is 3. The molecule has 1 aliphatic rings. The van der Waals surface area contributed by atoms with Gasteiger partial charge in [0.1, 0.15) is 0 Å². The summed E-state index contributed by atoms with van der Waals surface area (Å²) in [7, 11) is 3.89. The highest BCUT2D eigenvalue weighted by Crippen LogP contribution is 2.35. The standard InChI is InChI=1S/C11H14N4S/c1-15(2)11-12-10(13-14-11)9-6-7-4-3-5-8(7)16-9/h6H,3-5H2,1-2H3,(H,12,13,14). The number of aromatic amines is 1. The molecule has 0 saturated heterocycles. The summed E-state index contributed by atoms with van der Waals surface area (Å²) in [6, 6.07) is 2.26. The molecule has 84 valence electrons. The number of aromatic nitrogens is 3. The number of aryl methyl sites for hydroxylation is 2. The molecular weight excluding hydrogens is 220 g/mol. The molecule has 0 unspecified atom stereocenters. The van der Waals surface area contributed by atoms with E-state index in [9.17, 15) is 0 Å². The minimum absolute atomic E-state index is 0.739. The predicted molar refractivity (Wildman–Crippen MR) is 66.0 cm³/mol. The monoisotopic (exact) mass is 234 g/mol. The number of thiophene rings is 1. The van der Waals surface area contributed by atoms with Crippen molar-refractivity contribution in [3.8, 4) is 10.7 Å². The summed E-state index contributed by atoms with van der Waals surface area (Å²) in [6.07, 6.45) is 3.76. The molecule has 2 aromatic heterocycles. The number of rotatable bonds is 2. The Labute approximate surface area is 98.3 Å². The van der Waals surface area contributed by atoms with Gasteiger partial charge in [0, 0.05) is 19.0 Å². The normalized spacial score (nSPS) is 14.1. The Kier molecular flexibility index (Phi) is 2.21. The van der Waals surface area contributed by atoms with E-state index >= 15 is 0 Å². The first kappa shape index (κ1) is 9.84. The number of hydrogen-bond acceptors (Lipinski definition) is 4. The first-order valence-corrected chi connectivity index (χ1v) is 6.27. The Morgan fingerprint density at radius 3 is 2.94 bits per heavy atom. The molecule has 16 heavy (non-hydrogen) atoms. The van der Waals surface area contributed by atoms with Gasteiger partial charge in [-0.3, -0.25) is 5.10 Å². The summed E-state index contributed by atoms with van der Waals surface area (Å²) in [5.74, 6) is 1.63. The van der Waals surface area contributed by atoms with E-state index in [4.69, 9.17) is 0 Å². The smallest absolute Gasteiger partial charge is 0.244 e. The van der Waals surface area contributed by atoms with Crippen LogP contribution in [0.4, 0.5) is 5.95 Å². The van der Waals surface area contributed by atoms with Crippen molar-refractivity contribution in [3.05, 3.63) is 16.5 Å². The Hall–Kier alpha value is -1.36.